The van der Waals surface area contributed by atoms with Crippen LogP contribution in [0.15, 0.2) is 35.3 Å². The van der Waals surface area contributed by atoms with Crippen LogP contribution in [0.25, 0.3) is 0 Å². The van der Waals surface area contributed by atoms with E-state index in [9.17, 15) is 0 Å². The number of nitrogens with zero attached hydrogens (tertiary/aromatic N) is 2. The second-order valence-electron chi connectivity index (χ2n) is 6.55. The summed E-state index contributed by atoms with van der Waals surface area (Å²) in [5.74, 6) is 0. The third kappa shape index (κ3) is 5.19. The van der Waals surface area contributed by atoms with E-state index in [4.69, 9.17) is 15.0 Å². The summed E-state index contributed by atoms with van der Waals surface area (Å²) in [5.41, 5.74) is 1.04. The van der Waals surface area contributed by atoms with Gasteiger partial charge >= 0.3 is 128 Å². The zero-order valence-corrected chi connectivity index (χ0v) is 15.5. The fourth-order valence-electron chi connectivity index (χ4n) is 1.71. The SMILES string of the molecule is CC(C)(C)N=c1cccccc1[N]([Ge][Cl])C(C)(C)C. The van der Waals surface area contributed by atoms with Crippen LogP contribution >= 0.6 is 10.0 Å². The third-order valence-corrected chi connectivity index (χ3v) is 5.59. The number of anilines is 1. The average Bonchev–Trinajstić information content (AvgIpc) is 2.41. The second-order valence-corrected chi connectivity index (χ2v) is 8.73. The third-order valence-electron chi connectivity index (χ3n) is 2.44. The molecule has 0 atom stereocenters. The van der Waals surface area contributed by atoms with Crippen LogP contribution in [-0.4, -0.2) is 25.8 Å². The Labute approximate surface area is 127 Å². The molecule has 0 aliphatic rings. The van der Waals surface area contributed by atoms with Crippen LogP contribution in [0.3, 0.4) is 0 Å². The van der Waals surface area contributed by atoms with Crippen molar-refractivity contribution in [1.29, 1.82) is 0 Å². The van der Waals surface area contributed by atoms with Crippen molar-refractivity contribution in [2.45, 2.75) is 52.6 Å². The van der Waals surface area contributed by atoms with E-state index in [1.54, 1.807) is 0 Å². The van der Waals surface area contributed by atoms with Gasteiger partial charge in [-0.2, -0.15) is 0 Å². The van der Waals surface area contributed by atoms with Crippen molar-refractivity contribution in [3.8, 4) is 0 Å². The molecule has 0 amide bonds. The van der Waals surface area contributed by atoms with E-state index in [1.165, 1.54) is 0 Å². The van der Waals surface area contributed by atoms with Gasteiger partial charge in [-0.1, -0.05) is 0 Å². The topological polar surface area (TPSA) is 15.6 Å². The van der Waals surface area contributed by atoms with E-state index >= 15 is 0 Å². The molecule has 0 fully saturated rings. The molecule has 0 aromatic heterocycles. The second kappa shape index (κ2) is 6.32. The maximum absolute atomic E-state index is 6.28. The van der Waals surface area contributed by atoms with Crippen LogP contribution in [0, 0.1) is 0 Å². The molecule has 2 radical (unpaired) electrons. The summed E-state index contributed by atoms with van der Waals surface area (Å²) in [6.07, 6.45) is 0. The summed E-state index contributed by atoms with van der Waals surface area (Å²) in [6, 6.07) is 10.3. The summed E-state index contributed by atoms with van der Waals surface area (Å²) in [6.45, 7) is 12.9. The molecule has 1 aromatic rings. The molecule has 104 valence electrons. The predicted octanol–water partition coefficient (Wildman–Crippen LogP) is 3.76. The Kier molecular flexibility index (Phi) is 5.51. The zero-order chi connectivity index (χ0) is 14.7. The number of hydrogen-bond acceptors (Lipinski definition) is 2. The quantitative estimate of drug-likeness (QED) is 0.749. The molecule has 2 nitrogen and oxygen atoms in total. The summed E-state index contributed by atoms with van der Waals surface area (Å²) in [7, 11) is 6.28. The van der Waals surface area contributed by atoms with Gasteiger partial charge < -0.3 is 0 Å². The van der Waals surface area contributed by atoms with Gasteiger partial charge in [0.05, 0.1) is 0 Å². The van der Waals surface area contributed by atoms with Crippen molar-refractivity contribution < 1.29 is 0 Å². The van der Waals surface area contributed by atoms with Crippen molar-refractivity contribution in [3.05, 3.63) is 35.7 Å². The monoisotopic (exact) mass is 340 g/mol. The van der Waals surface area contributed by atoms with E-state index in [1.807, 2.05) is 12.1 Å². The van der Waals surface area contributed by atoms with Gasteiger partial charge in [0.1, 0.15) is 0 Å². The van der Waals surface area contributed by atoms with Crippen molar-refractivity contribution in [2.75, 3.05) is 3.86 Å². The molecule has 1 rings (SSSR count). The summed E-state index contributed by atoms with van der Waals surface area (Å²) >= 11 is -0.705. The van der Waals surface area contributed by atoms with Crippen LogP contribution in [0.5, 0.6) is 0 Å². The van der Waals surface area contributed by atoms with Crippen LogP contribution in [0.1, 0.15) is 41.5 Å². The molecule has 19 heavy (non-hydrogen) atoms. The Hall–Kier alpha value is -0.477. The minimum atomic E-state index is -0.705. The number of halogens is 1. The normalized spacial score (nSPS) is 13.5. The van der Waals surface area contributed by atoms with E-state index < -0.39 is 14.7 Å². The van der Waals surface area contributed by atoms with E-state index in [0.717, 1.165) is 11.0 Å². The van der Waals surface area contributed by atoms with Gasteiger partial charge in [0.25, 0.3) is 0 Å². The van der Waals surface area contributed by atoms with Crippen molar-refractivity contribution >= 4 is 30.4 Å². The van der Waals surface area contributed by atoms with Gasteiger partial charge in [-0.05, 0) is 0 Å². The molecule has 0 saturated heterocycles. The van der Waals surface area contributed by atoms with Crippen LogP contribution in [-0.2, 0) is 0 Å². The molecule has 0 aliphatic heterocycles. The molecule has 0 unspecified atom stereocenters. The Balaban J connectivity index is 3.52. The van der Waals surface area contributed by atoms with Crippen LogP contribution in [0.4, 0.5) is 5.69 Å². The van der Waals surface area contributed by atoms with Gasteiger partial charge in [0.2, 0.25) is 0 Å². The van der Waals surface area contributed by atoms with E-state index in [-0.39, 0.29) is 11.1 Å². The number of hydrogen-bond donors (Lipinski definition) is 0. The first kappa shape index (κ1) is 16.6. The van der Waals surface area contributed by atoms with Gasteiger partial charge in [0.15, 0.2) is 0 Å². The minimum absolute atomic E-state index is 0.0122. The van der Waals surface area contributed by atoms with Gasteiger partial charge in [0, 0.05) is 0 Å². The standard InChI is InChI=1S/C15H23ClGeN2/c1-14(2,3)18-12-10-8-7-9-11-13(12)19(17-16)15(4,5)6/h7-11H,1-6H3. The molecule has 0 spiro atoms. The molecule has 0 N–H and O–H groups in total. The fraction of sp³-hybridized carbons (Fsp3) is 0.533. The molecular formula is C15H23ClGeN2. The zero-order valence-electron chi connectivity index (χ0n) is 12.7. The van der Waals surface area contributed by atoms with Gasteiger partial charge in [-0.3, -0.25) is 0 Å². The molecule has 4 heteroatoms. The molecule has 0 bridgehead atoms. The first-order chi connectivity index (χ1) is 8.65. The maximum atomic E-state index is 6.28. The molecular weight excluding hydrogens is 316 g/mol. The summed E-state index contributed by atoms with van der Waals surface area (Å²) in [5, 5.41) is 1.01. The van der Waals surface area contributed by atoms with Crippen molar-refractivity contribution in [1.82, 2.24) is 0 Å². The Morgan fingerprint density at radius 2 is 1.58 bits per heavy atom. The van der Waals surface area contributed by atoms with Gasteiger partial charge in [-0.25, -0.2) is 0 Å². The molecule has 0 heterocycles. The first-order valence-corrected chi connectivity index (χ1v) is 10.2. The summed E-state index contributed by atoms with van der Waals surface area (Å²) < 4.78 is 2.29. The van der Waals surface area contributed by atoms with Crippen LogP contribution in [0.2, 0.25) is 0 Å². The van der Waals surface area contributed by atoms with E-state index in [2.05, 4.69) is 63.6 Å². The van der Waals surface area contributed by atoms with Crippen molar-refractivity contribution in [3.63, 3.8) is 0 Å². The van der Waals surface area contributed by atoms with Crippen molar-refractivity contribution in [2.24, 2.45) is 4.99 Å². The fourth-order valence-corrected chi connectivity index (χ4v) is 4.62. The molecule has 0 saturated carbocycles. The number of rotatable bonds is 2. The Morgan fingerprint density at radius 3 is 2.05 bits per heavy atom. The Bertz CT molecular complexity index is 487. The van der Waals surface area contributed by atoms with E-state index in [0.29, 0.717) is 0 Å². The Morgan fingerprint density at radius 1 is 1.00 bits per heavy atom. The predicted molar refractivity (Wildman–Crippen MR) is 85.6 cm³/mol. The first-order valence-electron chi connectivity index (χ1n) is 6.47. The van der Waals surface area contributed by atoms with Crippen LogP contribution < -0.4 is 9.21 Å². The summed E-state index contributed by atoms with van der Waals surface area (Å²) in [4.78, 5) is 4.83. The molecule has 1 aromatic carbocycles. The average molecular weight is 339 g/mol. The van der Waals surface area contributed by atoms with Gasteiger partial charge in [-0.15, -0.1) is 0 Å². The molecule has 0 aliphatic carbocycles.